The fourth-order valence-electron chi connectivity index (χ4n) is 2.06. The van der Waals surface area contributed by atoms with Crippen LogP contribution < -0.4 is 0 Å². The monoisotopic (exact) mass is 195 g/mol. The Bertz CT molecular complexity index is 235. The molecule has 1 aliphatic heterocycles. The van der Waals surface area contributed by atoms with E-state index in [1.807, 2.05) is 11.3 Å². The standard InChI is InChI=1S/C11H17NS/c1-2-12-7-5-10(6-8-12)11-4-3-9-13-11/h3-4,9-10H,2,5-8H2,1H3. The van der Waals surface area contributed by atoms with Gasteiger partial charge in [-0.25, -0.2) is 0 Å². The van der Waals surface area contributed by atoms with Gasteiger partial charge in [-0.1, -0.05) is 13.0 Å². The maximum atomic E-state index is 2.55. The SMILES string of the molecule is CCN1CCC(c2cccs2)CC1. The first-order chi connectivity index (χ1) is 6.40. The lowest BCUT2D eigenvalue weighted by molar-refractivity contribution is 0.223. The van der Waals surface area contributed by atoms with Gasteiger partial charge in [0.1, 0.15) is 0 Å². The second-order valence-corrected chi connectivity index (χ2v) is 4.70. The lowest BCUT2D eigenvalue weighted by atomic mass is 9.95. The quantitative estimate of drug-likeness (QED) is 0.701. The van der Waals surface area contributed by atoms with Crippen LogP contribution in [0.15, 0.2) is 17.5 Å². The summed E-state index contributed by atoms with van der Waals surface area (Å²) in [5.74, 6) is 0.850. The molecule has 0 atom stereocenters. The summed E-state index contributed by atoms with van der Waals surface area (Å²) in [5, 5.41) is 2.20. The molecule has 2 rings (SSSR count). The van der Waals surface area contributed by atoms with Crippen LogP contribution in [0, 0.1) is 0 Å². The molecule has 0 aromatic carbocycles. The fraction of sp³-hybridized carbons (Fsp3) is 0.636. The Morgan fingerprint density at radius 2 is 2.23 bits per heavy atom. The lowest BCUT2D eigenvalue weighted by Crippen LogP contribution is -2.32. The largest absolute Gasteiger partial charge is 0.304 e. The first-order valence-electron chi connectivity index (χ1n) is 5.16. The minimum absolute atomic E-state index is 0.850. The van der Waals surface area contributed by atoms with Crippen molar-refractivity contribution in [3.63, 3.8) is 0 Å². The average molecular weight is 195 g/mol. The first kappa shape index (κ1) is 9.22. The van der Waals surface area contributed by atoms with E-state index in [1.165, 1.54) is 32.5 Å². The van der Waals surface area contributed by atoms with E-state index in [0.717, 1.165) is 5.92 Å². The molecule has 0 amide bonds. The van der Waals surface area contributed by atoms with Crippen molar-refractivity contribution in [2.24, 2.45) is 0 Å². The molecule has 0 aliphatic carbocycles. The molecule has 0 unspecified atom stereocenters. The third-order valence-corrected chi connectivity index (χ3v) is 4.02. The number of hydrogen-bond acceptors (Lipinski definition) is 2. The summed E-state index contributed by atoms with van der Waals surface area (Å²) in [5.41, 5.74) is 0. The highest BCUT2D eigenvalue weighted by Crippen LogP contribution is 2.30. The van der Waals surface area contributed by atoms with Crippen molar-refractivity contribution in [3.05, 3.63) is 22.4 Å². The zero-order chi connectivity index (χ0) is 9.10. The van der Waals surface area contributed by atoms with Crippen molar-refractivity contribution in [1.29, 1.82) is 0 Å². The maximum Gasteiger partial charge on any atom is 0.00771 e. The summed E-state index contributed by atoms with van der Waals surface area (Å²) in [7, 11) is 0. The molecule has 0 N–H and O–H groups in total. The summed E-state index contributed by atoms with van der Waals surface area (Å²) in [6.45, 7) is 6.06. The van der Waals surface area contributed by atoms with E-state index < -0.39 is 0 Å². The minimum Gasteiger partial charge on any atom is -0.304 e. The van der Waals surface area contributed by atoms with Crippen LogP contribution in [0.4, 0.5) is 0 Å². The third-order valence-electron chi connectivity index (χ3n) is 2.98. The summed E-state index contributed by atoms with van der Waals surface area (Å²) in [6, 6.07) is 4.46. The summed E-state index contributed by atoms with van der Waals surface area (Å²) in [6.07, 6.45) is 2.71. The molecule has 2 heterocycles. The Kier molecular flexibility index (Phi) is 3.01. The summed E-state index contributed by atoms with van der Waals surface area (Å²) in [4.78, 5) is 4.14. The molecule has 0 bridgehead atoms. The van der Waals surface area contributed by atoms with Gasteiger partial charge < -0.3 is 4.90 Å². The highest BCUT2D eigenvalue weighted by atomic mass is 32.1. The minimum atomic E-state index is 0.850. The predicted molar refractivity (Wildman–Crippen MR) is 58.4 cm³/mol. The second kappa shape index (κ2) is 4.25. The first-order valence-corrected chi connectivity index (χ1v) is 6.04. The van der Waals surface area contributed by atoms with Crippen molar-refractivity contribution >= 4 is 11.3 Å². The lowest BCUT2D eigenvalue weighted by Gasteiger charge is -2.30. The van der Waals surface area contributed by atoms with Crippen LogP contribution in [-0.4, -0.2) is 24.5 Å². The van der Waals surface area contributed by atoms with Crippen LogP contribution in [-0.2, 0) is 0 Å². The van der Waals surface area contributed by atoms with Crippen molar-refractivity contribution in [2.75, 3.05) is 19.6 Å². The van der Waals surface area contributed by atoms with Crippen molar-refractivity contribution in [1.82, 2.24) is 4.90 Å². The molecule has 0 spiro atoms. The van der Waals surface area contributed by atoms with Gasteiger partial charge >= 0.3 is 0 Å². The Labute approximate surface area is 84.4 Å². The molecule has 13 heavy (non-hydrogen) atoms. The Balaban J connectivity index is 1.92. The smallest absolute Gasteiger partial charge is 0.00771 e. The molecule has 1 fully saturated rings. The molecular weight excluding hydrogens is 178 g/mol. The van der Waals surface area contributed by atoms with Crippen LogP contribution in [0.2, 0.25) is 0 Å². The molecule has 72 valence electrons. The van der Waals surface area contributed by atoms with E-state index in [2.05, 4.69) is 29.3 Å². The maximum absolute atomic E-state index is 2.55. The summed E-state index contributed by atoms with van der Waals surface area (Å²) < 4.78 is 0. The molecule has 0 saturated carbocycles. The molecule has 0 radical (unpaired) electrons. The molecule has 1 aromatic heterocycles. The van der Waals surface area contributed by atoms with Crippen LogP contribution in [0.25, 0.3) is 0 Å². The molecular formula is C11H17NS. The van der Waals surface area contributed by atoms with Crippen molar-refractivity contribution in [2.45, 2.75) is 25.7 Å². The van der Waals surface area contributed by atoms with Crippen molar-refractivity contribution in [3.8, 4) is 0 Å². The zero-order valence-electron chi connectivity index (χ0n) is 8.20. The number of likely N-dealkylation sites (tertiary alicyclic amines) is 1. The average Bonchev–Trinajstić information content (AvgIpc) is 2.71. The van der Waals surface area contributed by atoms with E-state index in [0.29, 0.717) is 0 Å². The van der Waals surface area contributed by atoms with E-state index in [4.69, 9.17) is 0 Å². The second-order valence-electron chi connectivity index (χ2n) is 3.72. The van der Waals surface area contributed by atoms with Gasteiger partial charge in [-0.2, -0.15) is 0 Å². The third kappa shape index (κ3) is 2.12. The summed E-state index contributed by atoms with van der Waals surface area (Å²) >= 11 is 1.92. The van der Waals surface area contributed by atoms with Gasteiger partial charge in [0.15, 0.2) is 0 Å². The van der Waals surface area contributed by atoms with E-state index in [-0.39, 0.29) is 0 Å². The number of rotatable bonds is 2. The van der Waals surface area contributed by atoms with Gasteiger partial charge in [-0.3, -0.25) is 0 Å². The number of nitrogens with zero attached hydrogens (tertiary/aromatic N) is 1. The zero-order valence-corrected chi connectivity index (χ0v) is 9.02. The van der Waals surface area contributed by atoms with Gasteiger partial charge in [-0.05, 0) is 49.8 Å². The van der Waals surface area contributed by atoms with Gasteiger partial charge in [0, 0.05) is 4.88 Å². The van der Waals surface area contributed by atoms with Crippen LogP contribution >= 0.6 is 11.3 Å². The van der Waals surface area contributed by atoms with Gasteiger partial charge in [-0.15, -0.1) is 11.3 Å². The van der Waals surface area contributed by atoms with Gasteiger partial charge in [0.2, 0.25) is 0 Å². The number of piperidine rings is 1. The molecule has 1 aromatic rings. The predicted octanol–water partition coefficient (Wildman–Crippen LogP) is 2.95. The van der Waals surface area contributed by atoms with Gasteiger partial charge in [0.25, 0.3) is 0 Å². The van der Waals surface area contributed by atoms with E-state index >= 15 is 0 Å². The van der Waals surface area contributed by atoms with E-state index in [9.17, 15) is 0 Å². The highest BCUT2D eigenvalue weighted by Gasteiger charge is 2.19. The fourth-order valence-corrected chi connectivity index (χ4v) is 2.96. The van der Waals surface area contributed by atoms with Gasteiger partial charge in [0.05, 0.1) is 0 Å². The van der Waals surface area contributed by atoms with Crippen LogP contribution in [0.5, 0.6) is 0 Å². The van der Waals surface area contributed by atoms with Crippen LogP contribution in [0.1, 0.15) is 30.6 Å². The Morgan fingerprint density at radius 1 is 1.46 bits per heavy atom. The topological polar surface area (TPSA) is 3.24 Å². The van der Waals surface area contributed by atoms with E-state index in [1.54, 1.807) is 4.88 Å². The Hall–Kier alpha value is -0.340. The van der Waals surface area contributed by atoms with Crippen molar-refractivity contribution < 1.29 is 0 Å². The number of hydrogen-bond donors (Lipinski definition) is 0. The normalized spacial score (nSPS) is 20.7. The molecule has 1 nitrogen and oxygen atoms in total. The highest BCUT2D eigenvalue weighted by molar-refractivity contribution is 7.10. The molecule has 2 heteroatoms. The number of thiophene rings is 1. The Morgan fingerprint density at radius 3 is 2.77 bits per heavy atom. The molecule has 1 aliphatic rings. The van der Waals surface area contributed by atoms with Crippen LogP contribution in [0.3, 0.4) is 0 Å². The molecule has 1 saturated heterocycles.